The largest absolute Gasteiger partial charge is 0.494 e. The van der Waals surface area contributed by atoms with E-state index in [0.29, 0.717) is 0 Å². The van der Waals surface area contributed by atoms with Crippen LogP contribution < -0.4 is 10.5 Å². The second kappa shape index (κ2) is 9.70. The van der Waals surface area contributed by atoms with E-state index >= 15 is 0 Å². The standard InChI is InChI=1S/C20H25NO2/c21-19-11-7-17(8-12-19)5-6-18-9-13-20(14-10-18)23-16-4-2-1-3-15-22/h5-14,22H,1-4,15-16,21H2/b6-5+. The molecule has 0 fully saturated rings. The quantitative estimate of drug-likeness (QED) is 0.411. The van der Waals surface area contributed by atoms with Crippen molar-refractivity contribution in [3.8, 4) is 5.75 Å². The number of anilines is 1. The number of unbranched alkanes of at least 4 members (excludes halogenated alkanes) is 3. The second-order valence-electron chi connectivity index (χ2n) is 5.56. The van der Waals surface area contributed by atoms with Gasteiger partial charge < -0.3 is 15.6 Å². The molecule has 0 aliphatic rings. The number of rotatable bonds is 9. The summed E-state index contributed by atoms with van der Waals surface area (Å²) in [5.74, 6) is 0.900. The van der Waals surface area contributed by atoms with Crippen molar-refractivity contribution < 1.29 is 9.84 Å². The number of aliphatic hydroxyl groups excluding tert-OH is 1. The first-order chi connectivity index (χ1) is 11.3. The molecule has 0 saturated carbocycles. The summed E-state index contributed by atoms with van der Waals surface area (Å²) in [6, 6.07) is 15.9. The number of nitrogen functional groups attached to an aromatic ring is 1. The minimum absolute atomic E-state index is 0.284. The van der Waals surface area contributed by atoms with Gasteiger partial charge in [0.15, 0.2) is 0 Å². The average molecular weight is 311 g/mol. The number of ether oxygens (including phenoxy) is 1. The molecule has 2 aromatic rings. The summed E-state index contributed by atoms with van der Waals surface area (Å²) in [4.78, 5) is 0. The third-order valence-corrected chi connectivity index (χ3v) is 3.61. The molecule has 2 rings (SSSR count). The highest BCUT2D eigenvalue weighted by Crippen LogP contribution is 2.15. The summed E-state index contributed by atoms with van der Waals surface area (Å²) >= 11 is 0. The van der Waals surface area contributed by atoms with Crippen LogP contribution in [0.4, 0.5) is 5.69 Å². The smallest absolute Gasteiger partial charge is 0.119 e. The molecule has 0 saturated heterocycles. The zero-order valence-corrected chi connectivity index (χ0v) is 13.4. The topological polar surface area (TPSA) is 55.5 Å². The van der Waals surface area contributed by atoms with Gasteiger partial charge >= 0.3 is 0 Å². The van der Waals surface area contributed by atoms with Crippen LogP contribution in [0.5, 0.6) is 5.75 Å². The van der Waals surface area contributed by atoms with E-state index in [1.54, 1.807) is 0 Å². The first-order valence-electron chi connectivity index (χ1n) is 8.15. The Morgan fingerprint density at radius 1 is 0.783 bits per heavy atom. The van der Waals surface area contributed by atoms with Crippen molar-refractivity contribution in [3.63, 3.8) is 0 Å². The first-order valence-corrected chi connectivity index (χ1v) is 8.15. The van der Waals surface area contributed by atoms with E-state index in [1.807, 2.05) is 36.4 Å². The minimum atomic E-state index is 0.284. The van der Waals surface area contributed by atoms with Crippen molar-refractivity contribution in [1.82, 2.24) is 0 Å². The molecule has 0 radical (unpaired) electrons. The Hall–Kier alpha value is -2.26. The first kappa shape index (κ1) is 17.1. The number of hydrogen-bond donors (Lipinski definition) is 2. The molecule has 0 amide bonds. The maximum Gasteiger partial charge on any atom is 0.119 e. The number of benzene rings is 2. The molecule has 0 spiro atoms. The fourth-order valence-corrected chi connectivity index (χ4v) is 2.23. The summed E-state index contributed by atoms with van der Waals surface area (Å²) in [7, 11) is 0. The molecule has 0 aliphatic carbocycles. The van der Waals surface area contributed by atoms with Crippen LogP contribution in [0, 0.1) is 0 Å². The van der Waals surface area contributed by atoms with E-state index in [0.717, 1.165) is 54.9 Å². The van der Waals surface area contributed by atoms with Crippen LogP contribution in [0.25, 0.3) is 12.2 Å². The third kappa shape index (κ3) is 6.57. The predicted molar refractivity (Wildman–Crippen MR) is 97.3 cm³/mol. The van der Waals surface area contributed by atoms with Gasteiger partial charge in [0.05, 0.1) is 6.61 Å². The Labute approximate surface area is 138 Å². The maximum atomic E-state index is 8.71. The van der Waals surface area contributed by atoms with E-state index in [2.05, 4.69) is 24.3 Å². The Balaban J connectivity index is 1.76. The van der Waals surface area contributed by atoms with Gasteiger partial charge in [-0.3, -0.25) is 0 Å². The molecule has 3 heteroatoms. The van der Waals surface area contributed by atoms with Gasteiger partial charge in [0.1, 0.15) is 5.75 Å². The van der Waals surface area contributed by atoms with E-state index in [1.165, 1.54) is 0 Å². The fraction of sp³-hybridized carbons (Fsp3) is 0.300. The van der Waals surface area contributed by atoms with E-state index in [4.69, 9.17) is 15.6 Å². The summed E-state index contributed by atoms with van der Waals surface area (Å²) < 4.78 is 5.72. The Morgan fingerprint density at radius 2 is 1.35 bits per heavy atom. The van der Waals surface area contributed by atoms with Crippen molar-refractivity contribution in [3.05, 3.63) is 59.7 Å². The Morgan fingerprint density at radius 3 is 1.96 bits per heavy atom. The van der Waals surface area contributed by atoms with Crippen molar-refractivity contribution in [1.29, 1.82) is 0 Å². The number of nitrogens with two attached hydrogens (primary N) is 1. The molecule has 0 aromatic heterocycles. The Bertz CT molecular complexity index is 588. The van der Waals surface area contributed by atoms with Crippen LogP contribution in [-0.4, -0.2) is 18.3 Å². The van der Waals surface area contributed by atoms with Crippen LogP contribution in [0.3, 0.4) is 0 Å². The maximum absolute atomic E-state index is 8.71. The lowest BCUT2D eigenvalue weighted by molar-refractivity contribution is 0.273. The lowest BCUT2D eigenvalue weighted by Gasteiger charge is -2.06. The highest BCUT2D eigenvalue weighted by Gasteiger charge is 1.95. The SMILES string of the molecule is Nc1ccc(/C=C/c2ccc(OCCCCCCO)cc2)cc1. The molecule has 0 bridgehead atoms. The molecule has 122 valence electrons. The number of aliphatic hydroxyl groups is 1. The highest BCUT2D eigenvalue weighted by molar-refractivity contribution is 5.70. The Kier molecular flexibility index (Phi) is 7.21. The van der Waals surface area contributed by atoms with Crippen LogP contribution in [0.1, 0.15) is 36.8 Å². The lowest BCUT2D eigenvalue weighted by atomic mass is 10.1. The number of hydrogen-bond acceptors (Lipinski definition) is 3. The lowest BCUT2D eigenvalue weighted by Crippen LogP contribution is -1.97. The van der Waals surface area contributed by atoms with Gasteiger partial charge in [-0.05, 0) is 54.7 Å². The van der Waals surface area contributed by atoms with E-state index in [-0.39, 0.29) is 6.61 Å². The van der Waals surface area contributed by atoms with Crippen molar-refractivity contribution in [2.24, 2.45) is 0 Å². The molecule has 23 heavy (non-hydrogen) atoms. The highest BCUT2D eigenvalue weighted by atomic mass is 16.5. The van der Waals surface area contributed by atoms with Gasteiger partial charge in [-0.2, -0.15) is 0 Å². The summed E-state index contributed by atoms with van der Waals surface area (Å²) in [6.45, 7) is 1.01. The molecule has 0 aliphatic heterocycles. The van der Waals surface area contributed by atoms with Crippen LogP contribution in [0.15, 0.2) is 48.5 Å². The minimum Gasteiger partial charge on any atom is -0.494 e. The van der Waals surface area contributed by atoms with Gasteiger partial charge in [0, 0.05) is 12.3 Å². The van der Waals surface area contributed by atoms with Crippen molar-refractivity contribution in [2.45, 2.75) is 25.7 Å². The van der Waals surface area contributed by atoms with Crippen LogP contribution in [0.2, 0.25) is 0 Å². The molecule has 2 aromatic carbocycles. The summed E-state index contributed by atoms with van der Waals surface area (Å²) in [5, 5.41) is 8.71. The van der Waals surface area contributed by atoms with Gasteiger partial charge in [0.2, 0.25) is 0 Å². The normalized spacial score (nSPS) is 11.0. The molecule has 0 unspecified atom stereocenters. The van der Waals surface area contributed by atoms with Gasteiger partial charge in [0.25, 0.3) is 0 Å². The van der Waals surface area contributed by atoms with Gasteiger partial charge in [-0.25, -0.2) is 0 Å². The van der Waals surface area contributed by atoms with E-state index in [9.17, 15) is 0 Å². The summed E-state index contributed by atoms with van der Waals surface area (Å²) in [6.07, 6.45) is 8.21. The third-order valence-electron chi connectivity index (χ3n) is 3.61. The second-order valence-corrected chi connectivity index (χ2v) is 5.56. The summed E-state index contributed by atoms with van der Waals surface area (Å²) in [5.41, 5.74) is 8.72. The average Bonchev–Trinajstić information content (AvgIpc) is 2.58. The fourth-order valence-electron chi connectivity index (χ4n) is 2.23. The predicted octanol–water partition coefficient (Wildman–Crippen LogP) is 4.37. The van der Waals surface area contributed by atoms with Crippen LogP contribution >= 0.6 is 0 Å². The zero-order chi connectivity index (χ0) is 16.3. The van der Waals surface area contributed by atoms with Crippen LogP contribution in [-0.2, 0) is 0 Å². The molecule has 3 N–H and O–H groups in total. The zero-order valence-electron chi connectivity index (χ0n) is 13.4. The monoisotopic (exact) mass is 311 g/mol. The molecular weight excluding hydrogens is 286 g/mol. The molecular formula is C20H25NO2. The molecule has 0 heterocycles. The molecule has 3 nitrogen and oxygen atoms in total. The van der Waals surface area contributed by atoms with Gasteiger partial charge in [-0.15, -0.1) is 0 Å². The molecule has 0 atom stereocenters. The van der Waals surface area contributed by atoms with E-state index < -0.39 is 0 Å². The van der Waals surface area contributed by atoms with Crippen molar-refractivity contribution >= 4 is 17.8 Å². The van der Waals surface area contributed by atoms with Gasteiger partial charge in [-0.1, -0.05) is 42.8 Å². The van der Waals surface area contributed by atoms with Crippen molar-refractivity contribution in [2.75, 3.05) is 18.9 Å².